The Kier molecular flexibility index (Phi) is 7.75. The van der Waals surface area contributed by atoms with Gasteiger partial charge in [-0.05, 0) is 65.8 Å². The van der Waals surface area contributed by atoms with Gasteiger partial charge in [-0.15, -0.1) is 0 Å². The largest absolute Gasteiger partial charge is 0.393 e. The fraction of sp³-hybridized carbons (Fsp3) is 0.250. The minimum absolute atomic E-state index is 0.212. The third-order valence-corrected chi connectivity index (χ3v) is 5.24. The summed E-state index contributed by atoms with van der Waals surface area (Å²) in [6.45, 7) is 3.47. The van der Waals surface area contributed by atoms with Crippen molar-refractivity contribution in [3.05, 3.63) is 96.1 Å². The van der Waals surface area contributed by atoms with E-state index in [0.717, 1.165) is 19.3 Å². The molecule has 4 aromatic rings. The summed E-state index contributed by atoms with van der Waals surface area (Å²) >= 11 is 0. The first-order valence-electron chi connectivity index (χ1n) is 10.6. The maximum atomic E-state index is 10.9. The van der Waals surface area contributed by atoms with Crippen LogP contribution in [0.25, 0.3) is 21.5 Å². The molecule has 2 heteroatoms. The van der Waals surface area contributed by atoms with Crippen LogP contribution >= 0.6 is 0 Å². The van der Waals surface area contributed by atoms with Gasteiger partial charge in [0.25, 0.3) is 0 Å². The molecule has 0 bridgehead atoms. The van der Waals surface area contributed by atoms with Crippen molar-refractivity contribution in [2.24, 2.45) is 0 Å². The molecule has 154 valence electrons. The molecule has 0 saturated carbocycles. The second kappa shape index (κ2) is 10.7. The molecule has 0 heterocycles. The van der Waals surface area contributed by atoms with Crippen molar-refractivity contribution in [1.29, 1.82) is 0 Å². The number of aliphatic hydroxyl groups is 1. The third kappa shape index (κ3) is 6.53. The first-order valence-corrected chi connectivity index (χ1v) is 10.6. The van der Waals surface area contributed by atoms with Gasteiger partial charge < -0.3 is 9.90 Å². The maximum absolute atomic E-state index is 10.9. The molecule has 0 aliphatic carbocycles. The number of rotatable bonds is 6. The molecule has 0 aromatic heterocycles. The van der Waals surface area contributed by atoms with E-state index in [1.807, 2.05) is 19.1 Å². The van der Waals surface area contributed by atoms with Gasteiger partial charge in [0.15, 0.2) is 0 Å². The van der Waals surface area contributed by atoms with Crippen LogP contribution in [0.4, 0.5) is 0 Å². The lowest BCUT2D eigenvalue weighted by atomic mass is 10.0. The number of aliphatic hydroxyl groups excluding tert-OH is 1. The van der Waals surface area contributed by atoms with Crippen LogP contribution in [0, 0.1) is 0 Å². The van der Waals surface area contributed by atoms with Gasteiger partial charge in [-0.1, -0.05) is 84.9 Å². The van der Waals surface area contributed by atoms with Gasteiger partial charge in [0, 0.05) is 6.42 Å². The van der Waals surface area contributed by atoms with Gasteiger partial charge in [-0.25, -0.2) is 0 Å². The highest BCUT2D eigenvalue weighted by atomic mass is 16.3. The summed E-state index contributed by atoms with van der Waals surface area (Å²) < 4.78 is 0. The maximum Gasteiger partial charge on any atom is 0.130 e. The molecule has 4 aromatic carbocycles. The Morgan fingerprint density at radius 3 is 1.67 bits per heavy atom. The Hall–Kier alpha value is -2.97. The number of carbonyl (C=O) groups excluding carboxylic acids is 1. The van der Waals surface area contributed by atoms with E-state index < -0.39 is 0 Å². The molecule has 30 heavy (non-hydrogen) atoms. The molecule has 0 saturated heterocycles. The van der Waals surface area contributed by atoms with Crippen LogP contribution in [0.15, 0.2) is 84.9 Å². The number of hydrogen-bond donors (Lipinski definition) is 1. The van der Waals surface area contributed by atoms with Crippen molar-refractivity contribution in [1.82, 2.24) is 0 Å². The van der Waals surface area contributed by atoms with E-state index in [-0.39, 0.29) is 11.9 Å². The SMILES string of the molecule is CC(=O)CCc1ccc2ccccc2c1.CC(O)CCc1ccc2ccccc2c1. The Morgan fingerprint density at radius 2 is 1.20 bits per heavy atom. The summed E-state index contributed by atoms with van der Waals surface area (Å²) in [7, 11) is 0. The average Bonchev–Trinajstić information content (AvgIpc) is 2.76. The number of fused-ring (bicyclic) bond motifs is 2. The normalized spacial score (nSPS) is 11.7. The van der Waals surface area contributed by atoms with Crippen LogP contribution in [-0.2, 0) is 17.6 Å². The van der Waals surface area contributed by atoms with Crippen LogP contribution in [-0.4, -0.2) is 17.0 Å². The number of carbonyl (C=O) groups is 1. The molecule has 0 fully saturated rings. The van der Waals surface area contributed by atoms with E-state index in [9.17, 15) is 9.90 Å². The predicted molar refractivity (Wildman–Crippen MR) is 127 cm³/mol. The Bertz CT molecular complexity index is 1110. The topological polar surface area (TPSA) is 37.3 Å². The molecule has 1 N–H and O–H groups in total. The van der Waals surface area contributed by atoms with E-state index in [4.69, 9.17) is 0 Å². The van der Waals surface area contributed by atoms with Crippen molar-refractivity contribution in [3.63, 3.8) is 0 Å². The van der Waals surface area contributed by atoms with Crippen LogP contribution in [0.2, 0.25) is 0 Å². The number of benzene rings is 4. The fourth-order valence-electron chi connectivity index (χ4n) is 3.48. The molecular weight excluding hydrogens is 368 g/mol. The molecule has 4 rings (SSSR count). The quantitative estimate of drug-likeness (QED) is 0.402. The smallest absolute Gasteiger partial charge is 0.130 e. The lowest BCUT2D eigenvalue weighted by molar-refractivity contribution is -0.116. The van der Waals surface area contributed by atoms with Crippen molar-refractivity contribution in [2.75, 3.05) is 0 Å². The van der Waals surface area contributed by atoms with E-state index in [1.54, 1.807) is 6.92 Å². The molecule has 0 amide bonds. The van der Waals surface area contributed by atoms with Gasteiger partial charge in [0.1, 0.15) is 5.78 Å². The molecular formula is C28H30O2. The Morgan fingerprint density at radius 1 is 0.733 bits per heavy atom. The Balaban J connectivity index is 0.000000171. The summed E-state index contributed by atoms with van der Waals surface area (Å²) in [6.07, 6.45) is 3.05. The van der Waals surface area contributed by atoms with Crippen molar-refractivity contribution in [3.8, 4) is 0 Å². The number of Topliss-reactive ketones (excluding diaryl/α,β-unsaturated/α-hetero) is 1. The van der Waals surface area contributed by atoms with E-state index in [1.165, 1.54) is 32.7 Å². The number of ketones is 1. The van der Waals surface area contributed by atoms with Gasteiger partial charge in [-0.2, -0.15) is 0 Å². The van der Waals surface area contributed by atoms with Gasteiger partial charge in [-0.3, -0.25) is 0 Å². The molecule has 1 atom stereocenters. The van der Waals surface area contributed by atoms with E-state index in [2.05, 4.69) is 72.8 Å². The summed E-state index contributed by atoms with van der Waals surface area (Å²) in [6, 6.07) is 29.5. The summed E-state index contributed by atoms with van der Waals surface area (Å²) in [5.41, 5.74) is 2.54. The minimum Gasteiger partial charge on any atom is -0.393 e. The summed E-state index contributed by atoms with van der Waals surface area (Å²) in [5, 5.41) is 14.3. The average molecular weight is 399 g/mol. The lowest BCUT2D eigenvalue weighted by Crippen LogP contribution is -2.01. The zero-order valence-electron chi connectivity index (χ0n) is 17.8. The standard InChI is InChI=1S/C14H16O.C14H14O/c2*1-11(15)6-7-12-8-9-13-4-2-3-5-14(13)10-12/h2-5,8-11,15H,6-7H2,1H3;2-5,8-10H,6-7H2,1H3. The van der Waals surface area contributed by atoms with Crippen molar-refractivity contribution < 1.29 is 9.90 Å². The molecule has 0 aliphatic heterocycles. The predicted octanol–water partition coefficient (Wildman–Crippen LogP) is 6.51. The first-order chi connectivity index (χ1) is 14.5. The molecule has 0 aliphatic rings. The van der Waals surface area contributed by atoms with Crippen LogP contribution in [0.3, 0.4) is 0 Å². The highest BCUT2D eigenvalue weighted by Crippen LogP contribution is 2.17. The number of hydrogen-bond acceptors (Lipinski definition) is 2. The number of aryl methyl sites for hydroxylation is 2. The minimum atomic E-state index is -0.212. The van der Waals surface area contributed by atoms with Gasteiger partial charge >= 0.3 is 0 Å². The third-order valence-electron chi connectivity index (χ3n) is 5.24. The van der Waals surface area contributed by atoms with Crippen LogP contribution < -0.4 is 0 Å². The zero-order valence-corrected chi connectivity index (χ0v) is 17.8. The van der Waals surface area contributed by atoms with Crippen LogP contribution in [0.1, 0.15) is 37.8 Å². The van der Waals surface area contributed by atoms with Gasteiger partial charge in [0.05, 0.1) is 6.10 Å². The molecule has 2 nitrogen and oxygen atoms in total. The summed E-state index contributed by atoms with van der Waals surface area (Å²) in [4.78, 5) is 10.9. The lowest BCUT2D eigenvalue weighted by Gasteiger charge is -2.05. The second-order valence-electron chi connectivity index (χ2n) is 7.95. The molecule has 0 radical (unpaired) electrons. The summed E-state index contributed by atoms with van der Waals surface area (Å²) in [5.74, 6) is 0.253. The van der Waals surface area contributed by atoms with E-state index >= 15 is 0 Å². The fourth-order valence-corrected chi connectivity index (χ4v) is 3.48. The molecule has 1 unspecified atom stereocenters. The molecule has 0 spiro atoms. The second-order valence-corrected chi connectivity index (χ2v) is 7.95. The van der Waals surface area contributed by atoms with Crippen LogP contribution in [0.5, 0.6) is 0 Å². The highest BCUT2D eigenvalue weighted by Gasteiger charge is 2.00. The Labute approximate surface area is 179 Å². The van der Waals surface area contributed by atoms with Crippen molar-refractivity contribution in [2.45, 2.75) is 45.6 Å². The highest BCUT2D eigenvalue weighted by molar-refractivity contribution is 5.84. The first kappa shape index (κ1) is 21.7. The monoisotopic (exact) mass is 398 g/mol. The zero-order chi connectivity index (χ0) is 21.3. The van der Waals surface area contributed by atoms with Crippen molar-refractivity contribution >= 4 is 27.3 Å². The van der Waals surface area contributed by atoms with E-state index in [0.29, 0.717) is 6.42 Å². The van der Waals surface area contributed by atoms with Gasteiger partial charge in [0.2, 0.25) is 0 Å².